The zero-order valence-corrected chi connectivity index (χ0v) is 7.86. The third kappa shape index (κ3) is 3.70. The first-order chi connectivity index (χ1) is 6.33. The van der Waals surface area contributed by atoms with E-state index in [-0.39, 0.29) is 5.78 Å². The molecule has 1 aromatic carbocycles. The molecule has 0 bridgehead atoms. The van der Waals surface area contributed by atoms with E-state index in [9.17, 15) is 4.79 Å². The Morgan fingerprint density at radius 3 is 2.62 bits per heavy atom. The summed E-state index contributed by atoms with van der Waals surface area (Å²) in [5, 5.41) is 0. The maximum absolute atomic E-state index is 11.1. The number of allylic oxidation sites excluding steroid dienone is 1. The summed E-state index contributed by atoms with van der Waals surface area (Å²) in [6.07, 6.45) is 5.07. The second-order valence-corrected chi connectivity index (χ2v) is 2.96. The molecule has 1 nitrogen and oxygen atoms in total. The summed E-state index contributed by atoms with van der Waals surface area (Å²) in [7, 11) is 0. The molecule has 1 aromatic rings. The van der Waals surface area contributed by atoms with Crippen LogP contribution in [0, 0.1) is 0 Å². The van der Waals surface area contributed by atoms with E-state index < -0.39 is 0 Å². The highest BCUT2D eigenvalue weighted by molar-refractivity contribution is 5.93. The largest absolute Gasteiger partial charge is 0.295 e. The lowest BCUT2D eigenvalue weighted by atomic mass is 10.1. The molecule has 0 amide bonds. The SMILES string of the molecule is CCCC(=O)C=Cc1ccccc1. The second kappa shape index (κ2) is 5.31. The Kier molecular flexibility index (Phi) is 3.97. The van der Waals surface area contributed by atoms with Gasteiger partial charge in [0.2, 0.25) is 0 Å². The van der Waals surface area contributed by atoms with Crippen molar-refractivity contribution in [2.75, 3.05) is 0 Å². The number of ketones is 1. The van der Waals surface area contributed by atoms with Crippen molar-refractivity contribution in [2.24, 2.45) is 0 Å². The highest BCUT2D eigenvalue weighted by Gasteiger charge is 1.92. The second-order valence-electron chi connectivity index (χ2n) is 2.96. The lowest BCUT2D eigenvalue weighted by Gasteiger charge is -1.91. The zero-order chi connectivity index (χ0) is 9.52. The summed E-state index contributed by atoms with van der Waals surface area (Å²) in [5.41, 5.74) is 1.08. The van der Waals surface area contributed by atoms with Crippen LogP contribution < -0.4 is 0 Å². The van der Waals surface area contributed by atoms with Gasteiger partial charge in [-0.2, -0.15) is 0 Å². The maximum atomic E-state index is 11.1. The zero-order valence-electron chi connectivity index (χ0n) is 7.86. The van der Waals surface area contributed by atoms with E-state index in [0.29, 0.717) is 6.42 Å². The Morgan fingerprint density at radius 1 is 1.31 bits per heavy atom. The lowest BCUT2D eigenvalue weighted by molar-refractivity contribution is -0.114. The Bertz CT molecular complexity index is 285. The van der Waals surface area contributed by atoms with Gasteiger partial charge in [-0.15, -0.1) is 0 Å². The molecular formula is C12H14O. The maximum Gasteiger partial charge on any atom is 0.155 e. The average Bonchev–Trinajstić information content (AvgIpc) is 2.17. The van der Waals surface area contributed by atoms with Gasteiger partial charge in [-0.3, -0.25) is 4.79 Å². The van der Waals surface area contributed by atoms with E-state index >= 15 is 0 Å². The standard InChI is InChI=1S/C12H14O/c1-2-6-12(13)10-9-11-7-4-3-5-8-11/h3-5,7-10H,2,6H2,1H3. The molecule has 0 heterocycles. The van der Waals surface area contributed by atoms with Crippen molar-refractivity contribution in [1.82, 2.24) is 0 Å². The molecule has 0 aliphatic rings. The third-order valence-electron chi connectivity index (χ3n) is 1.76. The van der Waals surface area contributed by atoms with Crippen LogP contribution in [0.2, 0.25) is 0 Å². The Balaban J connectivity index is 2.54. The van der Waals surface area contributed by atoms with Gasteiger partial charge in [0.25, 0.3) is 0 Å². The highest BCUT2D eigenvalue weighted by atomic mass is 16.1. The monoisotopic (exact) mass is 174 g/mol. The quantitative estimate of drug-likeness (QED) is 0.641. The van der Waals surface area contributed by atoms with Gasteiger partial charge in [0.15, 0.2) is 5.78 Å². The van der Waals surface area contributed by atoms with E-state index in [1.165, 1.54) is 0 Å². The van der Waals surface area contributed by atoms with Crippen LogP contribution in [-0.2, 0) is 4.79 Å². The number of hydrogen-bond donors (Lipinski definition) is 0. The van der Waals surface area contributed by atoms with Gasteiger partial charge in [0, 0.05) is 6.42 Å². The van der Waals surface area contributed by atoms with E-state index in [0.717, 1.165) is 12.0 Å². The minimum Gasteiger partial charge on any atom is -0.295 e. The normalized spacial score (nSPS) is 10.5. The average molecular weight is 174 g/mol. The summed E-state index contributed by atoms with van der Waals surface area (Å²) < 4.78 is 0. The molecule has 1 heteroatoms. The first-order valence-electron chi connectivity index (χ1n) is 4.59. The van der Waals surface area contributed by atoms with Crippen molar-refractivity contribution in [1.29, 1.82) is 0 Å². The van der Waals surface area contributed by atoms with Gasteiger partial charge < -0.3 is 0 Å². The van der Waals surface area contributed by atoms with Gasteiger partial charge in [0.05, 0.1) is 0 Å². The summed E-state index contributed by atoms with van der Waals surface area (Å²) in [6, 6.07) is 9.85. The summed E-state index contributed by atoms with van der Waals surface area (Å²) in [5.74, 6) is 0.200. The van der Waals surface area contributed by atoms with Crippen LogP contribution in [-0.4, -0.2) is 5.78 Å². The summed E-state index contributed by atoms with van der Waals surface area (Å²) in [6.45, 7) is 2.01. The fourth-order valence-electron chi connectivity index (χ4n) is 1.08. The van der Waals surface area contributed by atoms with Gasteiger partial charge in [-0.05, 0) is 18.1 Å². The van der Waals surface area contributed by atoms with Crippen molar-refractivity contribution < 1.29 is 4.79 Å². The van der Waals surface area contributed by atoms with E-state index in [4.69, 9.17) is 0 Å². The molecule has 0 saturated heterocycles. The number of benzene rings is 1. The first kappa shape index (κ1) is 9.72. The number of carbonyl (C=O) groups is 1. The van der Waals surface area contributed by atoms with Crippen LogP contribution in [0.25, 0.3) is 6.08 Å². The fraction of sp³-hybridized carbons (Fsp3) is 0.250. The predicted octanol–water partition coefficient (Wildman–Crippen LogP) is 3.07. The number of carbonyl (C=O) groups excluding carboxylic acids is 1. The van der Waals surface area contributed by atoms with Gasteiger partial charge in [-0.25, -0.2) is 0 Å². The Labute approximate surface area is 79.1 Å². The molecule has 1 rings (SSSR count). The smallest absolute Gasteiger partial charge is 0.155 e. The van der Waals surface area contributed by atoms with Gasteiger partial charge >= 0.3 is 0 Å². The summed E-state index contributed by atoms with van der Waals surface area (Å²) >= 11 is 0. The number of hydrogen-bond acceptors (Lipinski definition) is 1. The molecule has 13 heavy (non-hydrogen) atoms. The molecule has 0 aliphatic heterocycles. The van der Waals surface area contributed by atoms with Crippen molar-refractivity contribution in [3.63, 3.8) is 0 Å². The molecule has 0 saturated carbocycles. The molecule has 0 spiro atoms. The van der Waals surface area contributed by atoms with Crippen molar-refractivity contribution in [3.8, 4) is 0 Å². The fourth-order valence-corrected chi connectivity index (χ4v) is 1.08. The van der Waals surface area contributed by atoms with E-state index in [1.54, 1.807) is 6.08 Å². The number of rotatable bonds is 4. The Hall–Kier alpha value is -1.37. The molecule has 0 atom stereocenters. The molecule has 0 unspecified atom stereocenters. The van der Waals surface area contributed by atoms with Crippen LogP contribution in [0.1, 0.15) is 25.3 Å². The van der Waals surface area contributed by atoms with Crippen LogP contribution in [0.3, 0.4) is 0 Å². The van der Waals surface area contributed by atoms with Crippen LogP contribution in [0.5, 0.6) is 0 Å². The highest BCUT2D eigenvalue weighted by Crippen LogP contribution is 2.01. The third-order valence-corrected chi connectivity index (χ3v) is 1.76. The molecule has 0 N–H and O–H groups in total. The molecule has 0 aromatic heterocycles. The minimum absolute atomic E-state index is 0.200. The Morgan fingerprint density at radius 2 is 2.00 bits per heavy atom. The first-order valence-corrected chi connectivity index (χ1v) is 4.59. The molecule has 0 fully saturated rings. The van der Waals surface area contributed by atoms with Crippen molar-refractivity contribution >= 4 is 11.9 Å². The van der Waals surface area contributed by atoms with Crippen molar-refractivity contribution in [3.05, 3.63) is 42.0 Å². The summed E-state index contributed by atoms with van der Waals surface area (Å²) in [4.78, 5) is 11.1. The minimum atomic E-state index is 0.200. The molecular weight excluding hydrogens is 160 g/mol. The van der Waals surface area contributed by atoms with Crippen LogP contribution >= 0.6 is 0 Å². The van der Waals surface area contributed by atoms with Crippen LogP contribution in [0.15, 0.2) is 36.4 Å². The van der Waals surface area contributed by atoms with Gasteiger partial charge in [-0.1, -0.05) is 43.3 Å². The molecule has 68 valence electrons. The molecule has 0 aliphatic carbocycles. The van der Waals surface area contributed by atoms with Gasteiger partial charge in [0.1, 0.15) is 0 Å². The van der Waals surface area contributed by atoms with E-state index in [2.05, 4.69) is 0 Å². The van der Waals surface area contributed by atoms with E-state index in [1.807, 2.05) is 43.3 Å². The van der Waals surface area contributed by atoms with Crippen LogP contribution in [0.4, 0.5) is 0 Å². The molecule has 0 radical (unpaired) electrons. The van der Waals surface area contributed by atoms with Crippen molar-refractivity contribution in [2.45, 2.75) is 19.8 Å². The lowest BCUT2D eigenvalue weighted by Crippen LogP contribution is -1.89. The topological polar surface area (TPSA) is 17.1 Å². The predicted molar refractivity (Wildman–Crippen MR) is 55.4 cm³/mol.